The number of methoxy groups -OCH3 is 1. The Morgan fingerprint density at radius 3 is 2.86 bits per heavy atom. The second kappa shape index (κ2) is 5.11. The smallest absolute Gasteiger partial charge is 0.225 e. The summed E-state index contributed by atoms with van der Waals surface area (Å²) in [7, 11) is 5.59. The van der Waals surface area contributed by atoms with Crippen molar-refractivity contribution in [3.8, 4) is 0 Å². The third kappa shape index (κ3) is 2.55. The Balaban J connectivity index is 2.56. The van der Waals surface area contributed by atoms with Gasteiger partial charge in [0, 0.05) is 34.4 Å². The topological polar surface area (TPSA) is 46.1 Å². The number of aromatic nitrogens is 3. The predicted octanol–water partition coefficient (Wildman–Crippen LogP) is 0.950. The molecule has 1 rings (SSSR count). The summed E-state index contributed by atoms with van der Waals surface area (Å²) in [5, 5.41) is 6.88. The molecule has 0 saturated carbocycles. The van der Waals surface area contributed by atoms with Gasteiger partial charge < -0.3 is 9.64 Å². The van der Waals surface area contributed by atoms with Crippen LogP contribution in [0.3, 0.4) is 0 Å². The van der Waals surface area contributed by atoms with E-state index in [0.717, 1.165) is 25.5 Å². The zero-order valence-electron chi connectivity index (χ0n) is 8.78. The summed E-state index contributed by atoms with van der Waals surface area (Å²) < 4.78 is 7.47. The Labute approximate surface area is 88.7 Å². The summed E-state index contributed by atoms with van der Waals surface area (Å²) in [5.74, 6) is 0.853. The molecule has 0 unspecified atom stereocenters. The van der Waals surface area contributed by atoms with Gasteiger partial charge in [0.1, 0.15) is 0 Å². The number of H-pyrrole nitrogens is 1. The van der Waals surface area contributed by atoms with E-state index < -0.39 is 0 Å². The second-order valence-corrected chi connectivity index (χ2v) is 3.54. The van der Waals surface area contributed by atoms with E-state index in [9.17, 15) is 0 Å². The molecule has 0 atom stereocenters. The first-order chi connectivity index (χ1) is 6.66. The summed E-state index contributed by atoms with van der Waals surface area (Å²) in [4.78, 5) is 2.05. The van der Waals surface area contributed by atoms with Gasteiger partial charge in [0.2, 0.25) is 5.95 Å². The summed E-state index contributed by atoms with van der Waals surface area (Å²) in [6.07, 6.45) is 0.979. The van der Waals surface area contributed by atoms with Crippen molar-refractivity contribution in [2.75, 3.05) is 32.2 Å². The van der Waals surface area contributed by atoms with Gasteiger partial charge in [0.25, 0.3) is 0 Å². The molecular weight excluding hydrogens is 200 g/mol. The molecule has 5 nitrogen and oxygen atoms in total. The van der Waals surface area contributed by atoms with Crippen molar-refractivity contribution in [2.45, 2.75) is 6.42 Å². The highest BCUT2D eigenvalue weighted by Gasteiger charge is 2.06. The van der Waals surface area contributed by atoms with Gasteiger partial charge in [-0.05, 0) is 18.6 Å². The highest BCUT2D eigenvalue weighted by molar-refractivity contribution is 7.71. The van der Waals surface area contributed by atoms with Crippen molar-refractivity contribution in [3.05, 3.63) is 4.77 Å². The fourth-order valence-electron chi connectivity index (χ4n) is 1.23. The summed E-state index contributed by atoms with van der Waals surface area (Å²) in [5.41, 5.74) is 0. The third-order valence-corrected chi connectivity index (χ3v) is 2.40. The van der Waals surface area contributed by atoms with Crippen molar-refractivity contribution in [1.82, 2.24) is 14.8 Å². The molecule has 1 heterocycles. The van der Waals surface area contributed by atoms with Crippen LogP contribution in [0, 0.1) is 4.77 Å². The van der Waals surface area contributed by atoms with Gasteiger partial charge in [-0.2, -0.15) is 0 Å². The van der Waals surface area contributed by atoms with E-state index in [-0.39, 0.29) is 0 Å². The molecule has 0 aliphatic rings. The number of anilines is 1. The minimum absolute atomic E-state index is 0.638. The van der Waals surface area contributed by atoms with Crippen molar-refractivity contribution < 1.29 is 4.74 Å². The molecule has 0 aliphatic carbocycles. The van der Waals surface area contributed by atoms with Crippen LogP contribution in [0.5, 0.6) is 0 Å². The second-order valence-electron chi connectivity index (χ2n) is 3.16. The summed E-state index contributed by atoms with van der Waals surface area (Å²) in [6, 6.07) is 0. The predicted molar refractivity (Wildman–Crippen MR) is 58.2 cm³/mol. The van der Waals surface area contributed by atoms with Gasteiger partial charge >= 0.3 is 0 Å². The molecule has 0 saturated heterocycles. The van der Waals surface area contributed by atoms with Gasteiger partial charge in [-0.25, -0.2) is 5.10 Å². The maximum Gasteiger partial charge on any atom is 0.225 e. The molecule has 6 heteroatoms. The largest absolute Gasteiger partial charge is 0.385 e. The van der Waals surface area contributed by atoms with Crippen molar-refractivity contribution >= 4 is 18.2 Å². The Hall–Kier alpha value is -0.880. The molecular formula is C8H16N4OS. The molecule has 0 fully saturated rings. The van der Waals surface area contributed by atoms with Crippen LogP contribution in [0.1, 0.15) is 6.42 Å². The number of hydrogen-bond donors (Lipinski definition) is 1. The van der Waals surface area contributed by atoms with Crippen LogP contribution in [0.25, 0.3) is 0 Å². The standard InChI is InChI=1S/C8H16N4OS/c1-11(5-4-6-13-3)7-9-10-8(14)12(7)2/h4-6H2,1-3H3,(H,10,14). The minimum Gasteiger partial charge on any atom is -0.385 e. The first-order valence-corrected chi connectivity index (χ1v) is 4.89. The van der Waals surface area contributed by atoms with Crippen LogP contribution in [-0.4, -0.2) is 42.1 Å². The lowest BCUT2D eigenvalue weighted by atomic mass is 10.4. The van der Waals surface area contributed by atoms with Crippen LogP contribution < -0.4 is 4.90 Å². The quantitative estimate of drug-likeness (QED) is 0.588. The molecule has 0 aliphatic heterocycles. The minimum atomic E-state index is 0.638. The van der Waals surface area contributed by atoms with Crippen LogP contribution >= 0.6 is 12.2 Å². The molecule has 1 aromatic heterocycles. The van der Waals surface area contributed by atoms with Crippen molar-refractivity contribution in [2.24, 2.45) is 7.05 Å². The summed E-state index contributed by atoms with van der Waals surface area (Å²) >= 11 is 5.02. The van der Waals surface area contributed by atoms with E-state index in [0.29, 0.717) is 4.77 Å². The molecule has 1 N–H and O–H groups in total. The third-order valence-electron chi connectivity index (χ3n) is 2.04. The fraction of sp³-hybridized carbons (Fsp3) is 0.750. The number of rotatable bonds is 5. The SMILES string of the molecule is COCCCN(C)c1n[nH]c(=S)n1C. The first kappa shape index (κ1) is 11.2. The number of nitrogens with zero attached hydrogens (tertiary/aromatic N) is 3. The van der Waals surface area contributed by atoms with Crippen LogP contribution in [0.15, 0.2) is 0 Å². The van der Waals surface area contributed by atoms with E-state index in [1.54, 1.807) is 7.11 Å². The molecule has 0 spiro atoms. The zero-order valence-corrected chi connectivity index (χ0v) is 9.60. The van der Waals surface area contributed by atoms with Gasteiger partial charge in [-0.1, -0.05) is 0 Å². The molecule has 0 aromatic carbocycles. The average Bonchev–Trinajstić information content (AvgIpc) is 2.48. The van der Waals surface area contributed by atoms with Crippen LogP contribution in [0.2, 0.25) is 0 Å². The highest BCUT2D eigenvalue weighted by Crippen LogP contribution is 2.06. The van der Waals surface area contributed by atoms with Crippen molar-refractivity contribution in [1.29, 1.82) is 0 Å². The maximum atomic E-state index is 5.02. The van der Waals surface area contributed by atoms with Gasteiger partial charge in [0.15, 0.2) is 4.77 Å². The maximum absolute atomic E-state index is 5.02. The van der Waals surface area contributed by atoms with E-state index in [1.165, 1.54) is 0 Å². The Morgan fingerprint density at radius 2 is 2.36 bits per heavy atom. The highest BCUT2D eigenvalue weighted by atomic mass is 32.1. The van der Waals surface area contributed by atoms with Gasteiger partial charge in [-0.3, -0.25) is 4.57 Å². The van der Waals surface area contributed by atoms with E-state index in [4.69, 9.17) is 17.0 Å². The fourth-order valence-corrected chi connectivity index (χ4v) is 1.35. The number of aromatic amines is 1. The Morgan fingerprint density at radius 1 is 1.64 bits per heavy atom. The van der Waals surface area contributed by atoms with E-state index in [1.807, 2.05) is 23.6 Å². The van der Waals surface area contributed by atoms with E-state index in [2.05, 4.69) is 10.2 Å². The summed E-state index contributed by atoms with van der Waals surface area (Å²) in [6.45, 7) is 1.67. The first-order valence-electron chi connectivity index (χ1n) is 4.48. The molecule has 0 amide bonds. The number of hydrogen-bond acceptors (Lipinski definition) is 4. The van der Waals surface area contributed by atoms with Crippen LogP contribution in [0.4, 0.5) is 5.95 Å². The van der Waals surface area contributed by atoms with Gasteiger partial charge in [-0.15, -0.1) is 5.10 Å². The van der Waals surface area contributed by atoms with Crippen LogP contribution in [-0.2, 0) is 11.8 Å². The number of nitrogens with one attached hydrogen (secondary N) is 1. The van der Waals surface area contributed by atoms with E-state index >= 15 is 0 Å². The lowest BCUT2D eigenvalue weighted by Crippen LogP contribution is -2.22. The molecule has 0 bridgehead atoms. The Kier molecular flexibility index (Phi) is 4.09. The van der Waals surface area contributed by atoms with Gasteiger partial charge in [0.05, 0.1) is 0 Å². The number of ether oxygens (including phenoxy) is 1. The molecule has 0 radical (unpaired) electrons. The van der Waals surface area contributed by atoms with Crippen molar-refractivity contribution in [3.63, 3.8) is 0 Å². The normalized spacial score (nSPS) is 10.5. The average molecular weight is 216 g/mol. The molecule has 1 aromatic rings. The Bertz CT molecular complexity index is 332. The lowest BCUT2D eigenvalue weighted by molar-refractivity contribution is 0.196. The lowest BCUT2D eigenvalue weighted by Gasteiger charge is -2.16. The molecule has 80 valence electrons. The molecule has 14 heavy (non-hydrogen) atoms. The monoisotopic (exact) mass is 216 g/mol. The zero-order chi connectivity index (χ0) is 10.6.